The normalized spacial score (nSPS) is 26.5. The fourth-order valence-corrected chi connectivity index (χ4v) is 2.25. The number of phenols is 1. The summed E-state index contributed by atoms with van der Waals surface area (Å²) in [5.41, 5.74) is 0.533. The molecule has 3 heteroatoms. The summed E-state index contributed by atoms with van der Waals surface area (Å²) >= 11 is 0. The molecule has 3 nitrogen and oxygen atoms in total. The van der Waals surface area contributed by atoms with E-state index in [-0.39, 0.29) is 16.8 Å². The van der Waals surface area contributed by atoms with Crippen molar-refractivity contribution in [3.8, 4) is 5.75 Å². The average Bonchev–Trinajstić information content (AvgIpc) is 3.15. The van der Waals surface area contributed by atoms with Crippen LogP contribution in [-0.4, -0.2) is 28.5 Å². The first-order valence-electron chi connectivity index (χ1n) is 6.65. The van der Waals surface area contributed by atoms with Crippen molar-refractivity contribution in [1.82, 2.24) is 0 Å². The van der Waals surface area contributed by atoms with Crippen LogP contribution in [0.15, 0.2) is 36.9 Å². The lowest BCUT2D eigenvalue weighted by molar-refractivity contribution is 0.0721. The van der Waals surface area contributed by atoms with Crippen LogP contribution in [-0.2, 0) is 10.2 Å². The number of allylic oxidation sites excluding steroid dienone is 1. The first-order valence-corrected chi connectivity index (χ1v) is 6.65. The standard InChI is InChI=1S/C16H22O3/c1-4-15(2,12-5-7-13(17)8-6-12)10-9-14(18)16(3)11-19-16/h4-8,14,17-18H,1,9-11H2,2-3H3. The molecule has 0 spiro atoms. The second-order valence-electron chi connectivity index (χ2n) is 5.82. The zero-order valence-electron chi connectivity index (χ0n) is 11.6. The molecule has 0 saturated carbocycles. The molecule has 3 atom stereocenters. The van der Waals surface area contributed by atoms with Crippen LogP contribution in [0.4, 0.5) is 0 Å². The fourth-order valence-electron chi connectivity index (χ4n) is 2.25. The van der Waals surface area contributed by atoms with Crippen LogP contribution in [0, 0.1) is 0 Å². The number of rotatable bonds is 6. The van der Waals surface area contributed by atoms with E-state index in [4.69, 9.17) is 4.74 Å². The second kappa shape index (κ2) is 4.99. The Morgan fingerprint density at radius 2 is 2.05 bits per heavy atom. The lowest BCUT2D eigenvalue weighted by Crippen LogP contribution is -2.29. The highest BCUT2D eigenvalue weighted by molar-refractivity contribution is 5.34. The van der Waals surface area contributed by atoms with Crippen molar-refractivity contribution < 1.29 is 14.9 Å². The molecule has 1 saturated heterocycles. The second-order valence-corrected chi connectivity index (χ2v) is 5.82. The molecule has 0 amide bonds. The lowest BCUT2D eigenvalue weighted by Gasteiger charge is -2.28. The molecule has 1 aromatic carbocycles. The lowest BCUT2D eigenvalue weighted by atomic mass is 9.77. The number of phenolic OH excluding ortho intramolecular Hbond substituents is 1. The summed E-state index contributed by atoms with van der Waals surface area (Å²) < 4.78 is 5.27. The molecule has 0 aromatic heterocycles. The van der Waals surface area contributed by atoms with Gasteiger partial charge in [-0.25, -0.2) is 0 Å². The van der Waals surface area contributed by atoms with Gasteiger partial charge in [0.05, 0.1) is 12.7 Å². The van der Waals surface area contributed by atoms with Crippen LogP contribution in [0.3, 0.4) is 0 Å². The van der Waals surface area contributed by atoms with Gasteiger partial charge in [-0.1, -0.05) is 25.1 Å². The molecule has 1 aliphatic heterocycles. The van der Waals surface area contributed by atoms with Crippen molar-refractivity contribution in [2.24, 2.45) is 0 Å². The molecule has 2 N–H and O–H groups in total. The van der Waals surface area contributed by atoms with Crippen LogP contribution in [0.5, 0.6) is 5.75 Å². The van der Waals surface area contributed by atoms with E-state index in [0.29, 0.717) is 13.0 Å². The number of hydrogen-bond donors (Lipinski definition) is 2. The quantitative estimate of drug-likeness (QED) is 0.612. The molecule has 19 heavy (non-hydrogen) atoms. The van der Waals surface area contributed by atoms with Gasteiger partial charge in [0.25, 0.3) is 0 Å². The number of hydrogen-bond acceptors (Lipinski definition) is 3. The summed E-state index contributed by atoms with van der Waals surface area (Å²) in [5.74, 6) is 0.258. The number of aliphatic hydroxyl groups is 1. The maximum Gasteiger partial charge on any atom is 0.115 e. The number of epoxide rings is 1. The Balaban J connectivity index is 2.05. The maximum atomic E-state index is 10.1. The van der Waals surface area contributed by atoms with Crippen molar-refractivity contribution in [3.63, 3.8) is 0 Å². The first-order chi connectivity index (χ1) is 8.89. The highest BCUT2D eigenvalue weighted by atomic mass is 16.6. The minimum absolute atomic E-state index is 0.208. The van der Waals surface area contributed by atoms with E-state index in [1.165, 1.54) is 0 Å². The summed E-state index contributed by atoms with van der Waals surface area (Å²) in [6.45, 7) is 8.58. The molecular formula is C16H22O3. The van der Waals surface area contributed by atoms with Gasteiger partial charge in [0.15, 0.2) is 0 Å². The molecule has 1 aromatic rings. The zero-order valence-corrected chi connectivity index (χ0v) is 11.6. The molecule has 1 heterocycles. The molecule has 1 aliphatic rings. The molecule has 1 fully saturated rings. The third-order valence-electron chi connectivity index (χ3n) is 4.22. The highest BCUT2D eigenvalue weighted by Crippen LogP contribution is 2.37. The summed E-state index contributed by atoms with van der Waals surface area (Å²) in [7, 11) is 0. The van der Waals surface area contributed by atoms with Crippen LogP contribution in [0.1, 0.15) is 32.3 Å². The van der Waals surface area contributed by atoms with E-state index in [9.17, 15) is 10.2 Å². The number of aromatic hydroxyl groups is 1. The van der Waals surface area contributed by atoms with Crippen molar-refractivity contribution in [3.05, 3.63) is 42.5 Å². The summed E-state index contributed by atoms with van der Waals surface area (Å²) in [6, 6.07) is 7.16. The van der Waals surface area contributed by atoms with Crippen LogP contribution < -0.4 is 0 Å². The van der Waals surface area contributed by atoms with Crippen molar-refractivity contribution >= 4 is 0 Å². The summed E-state index contributed by atoms with van der Waals surface area (Å²) in [4.78, 5) is 0. The van der Waals surface area contributed by atoms with E-state index in [1.807, 2.05) is 25.1 Å². The summed E-state index contributed by atoms with van der Waals surface area (Å²) in [6.07, 6.45) is 2.92. The van der Waals surface area contributed by atoms with E-state index < -0.39 is 6.10 Å². The Morgan fingerprint density at radius 1 is 1.47 bits per heavy atom. The number of ether oxygens (including phenoxy) is 1. The van der Waals surface area contributed by atoms with Gasteiger partial charge >= 0.3 is 0 Å². The Bertz CT molecular complexity index is 448. The largest absolute Gasteiger partial charge is 0.508 e. The summed E-state index contributed by atoms with van der Waals surface area (Å²) in [5, 5.41) is 19.4. The van der Waals surface area contributed by atoms with Crippen LogP contribution >= 0.6 is 0 Å². The van der Waals surface area contributed by atoms with E-state index >= 15 is 0 Å². The van der Waals surface area contributed by atoms with Crippen LogP contribution in [0.25, 0.3) is 0 Å². The van der Waals surface area contributed by atoms with Gasteiger partial charge in [-0.2, -0.15) is 0 Å². The van der Waals surface area contributed by atoms with Crippen molar-refractivity contribution in [2.75, 3.05) is 6.61 Å². The molecule has 0 bridgehead atoms. The monoisotopic (exact) mass is 262 g/mol. The van der Waals surface area contributed by atoms with Gasteiger partial charge in [-0.05, 0) is 37.5 Å². The first kappa shape index (κ1) is 14.1. The minimum Gasteiger partial charge on any atom is -0.508 e. The molecular weight excluding hydrogens is 240 g/mol. The van der Waals surface area contributed by atoms with Crippen LogP contribution in [0.2, 0.25) is 0 Å². The van der Waals surface area contributed by atoms with Gasteiger partial charge in [0.2, 0.25) is 0 Å². The fraction of sp³-hybridized carbons (Fsp3) is 0.500. The van der Waals surface area contributed by atoms with Crippen molar-refractivity contribution in [1.29, 1.82) is 0 Å². The number of benzene rings is 1. The van der Waals surface area contributed by atoms with E-state index in [2.05, 4.69) is 13.5 Å². The molecule has 104 valence electrons. The van der Waals surface area contributed by atoms with Gasteiger partial charge in [0, 0.05) is 5.41 Å². The number of aliphatic hydroxyl groups excluding tert-OH is 1. The Kier molecular flexibility index (Phi) is 3.70. The Morgan fingerprint density at radius 3 is 2.53 bits per heavy atom. The molecule has 2 rings (SSSR count). The van der Waals surface area contributed by atoms with Crippen molar-refractivity contribution in [2.45, 2.75) is 43.8 Å². The Hall–Kier alpha value is -1.32. The molecule has 0 radical (unpaired) electrons. The van der Waals surface area contributed by atoms with Gasteiger partial charge in [0.1, 0.15) is 11.4 Å². The minimum atomic E-state index is -0.441. The smallest absolute Gasteiger partial charge is 0.115 e. The third-order valence-corrected chi connectivity index (χ3v) is 4.22. The van der Waals surface area contributed by atoms with Gasteiger partial charge in [-0.15, -0.1) is 6.58 Å². The Labute approximate surface area is 114 Å². The van der Waals surface area contributed by atoms with E-state index in [0.717, 1.165) is 12.0 Å². The van der Waals surface area contributed by atoms with Gasteiger partial charge < -0.3 is 14.9 Å². The SMILES string of the molecule is C=CC(C)(CCC(O)C1(C)CO1)c1ccc(O)cc1. The molecule has 3 unspecified atom stereocenters. The third kappa shape index (κ3) is 2.99. The van der Waals surface area contributed by atoms with E-state index in [1.54, 1.807) is 12.1 Å². The average molecular weight is 262 g/mol. The predicted octanol–water partition coefficient (Wildman–Crippen LogP) is 2.77. The highest BCUT2D eigenvalue weighted by Gasteiger charge is 2.46. The van der Waals surface area contributed by atoms with Gasteiger partial charge in [-0.3, -0.25) is 0 Å². The zero-order chi connectivity index (χ0) is 14.1. The predicted molar refractivity (Wildman–Crippen MR) is 75.3 cm³/mol. The maximum absolute atomic E-state index is 10.1. The topological polar surface area (TPSA) is 53.0 Å². The molecule has 0 aliphatic carbocycles.